The van der Waals surface area contributed by atoms with Gasteiger partial charge in [0.05, 0.1) is 13.2 Å². The van der Waals surface area contributed by atoms with E-state index in [1.54, 1.807) is 0 Å². The standard InChI is InChI=1S/C18H28O3S.C4H9NO/c1-3-4-5-6-7-8-11-22(19)15(2)12-16-9-10-17-18(13-16)21-14-20-17;1-3-6-4-2-5-1/h9-10,13,15H,3-8,11-12,14H2,1-2H3;5H,1-4H2. The van der Waals surface area contributed by atoms with Gasteiger partial charge in [0.2, 0.25) is 6.79 Å². The molecule has 1 saturated heterocycles. The van der Waals surface area contributed by atoms with Crippen molar-refractivity contribution in [3.05, 3.63) is 23.8 Å². The normalized spacial score (nSPS) is 17.5. The molecule has 0 saturated carbocycles. The van der Waals surface area contributed by atoms with Gasteiger partial charge in [0.25, 0.3) is 0 Å². The largest absolute Gasteiger partial charge is 0.616 e. The fourth-order valence-electron chi connectivity index (χ4n) is 3.23. The number of hydrogen-bond donors (Lipinski definition) is 1. The highest BCUT2D eigenvalue weighted by atomic mass is 32.2. The number of ether oxygens (including phenoxy) is 3. The molecule has 5 nitrogen and oxygen atoms in total. The second-order valence-electron chi connectivity index (χ2n) is 7.42. The van der Waals surface area contributed by atoms with Crippen molar-refractivity contribution in [2.45, 2.75) is 64.0 Å². The van der Waals surface area contributed by atoms with Crippen molar-refractivity contribution in [3.8, 4) is 11.5 Å². The molecule has 0 aromatic heterocycles. The lowest BCUT2D eigenvalue weighted by Crippen LogP contribution is -2.30. The van der Waals surface area contributed by atoms with E-state index in [4.69, 9.17) is 14.2 Å². The number of hydrogen-bond acceptors (Lipinski definition) is 5. The summed E-state index contributed by atoms with van der Waals surface area (Å²) < 4.78 is 28.0. The Labute approximate surface area is 173 Å². The summed E-state index contributed by atoms with van der Waals surface area (Å²) in [5.74, 6) is 2.45. The molecule has 0 aliphatic carbocycles. The zero-order valence-corrected chi connectivity index (χ0v) is 18.4. The Balaban J connectivity index is 0.000000397. The van der Waals surface area contributed by atoms with Crippen LogP contribution in [0.2, 0.25) is 0 Å². The van der Waals surface area contributed by atoms with Crippen molar-refractivity contribution in [2.24, 2.45) is 0 Å². The lowest BCUT2D eigenvalue weighted by molar-refractivity contribution is 0.109. The molecule has 2 unspecified atom stereocenters. The van der Waals surface area contributed by atoms with Crippen LogP contribution >= 0.6 is 0 Å². The Bertz CT molecular complexity index is 528. The minimum atomic E-state index is -0.743. The minimum absolute atomic E-state index is 0.191. The van der Waals surface area contributed by atoms with Gasteiger partial charge in [0.1, 0.15) is 11.0 Å². The molecule has 2 atom stereocenters. The molecule has 0 spiro atoms. The van der Waals surface area contributed by atoms with Gasteiger partial charge in [0, 0.05) is 19.5 Å². The van der Waals surface area contributed by atoms with Gasteiger partial charge in [-0.05, 0) is 37.5 Å². The molecular weight excluding hydrogens is 374 g/mol. The Morgan fingerprint density at radius 3 is 2.43 bits per heavy atom. The van der Waals surface area contributed by atoms with Crippen LogP contribution in [-0.2, 0) is 22.3 Å². The van der Waals surface area contributed by atoms with E-state index in [2.05, 4.69) is 19.2 Å². The van der Waals surface area contributed by atoms with Crippen molar-refractivity contribution < 1.29 is 18.8 Å². The van der Waals surface area contributed by atoms with Crippen molar-refractivity contribution in [1.29, 1.82) is 0 Å². The van der Waals surface area contributed by atoms with Gasteiger partial charge in [-0.25, -0.2) is 0 Å². The molecule has 160 valence electrons. The van der Waals surface area contributed by atoms with E-state index in [-0.39, 0.29) is 5.25 Å². The predicted octanol–water partition coefficient (Wildman–Crippen LogP) is 4.06. The van der Waals surface area contributed by atoms with E-state index < -0.39 is 11.2 Å². The monoisotopic (exact) mass is 411 g/mol. The van der Waals surface area contributed by atoms with Crippen molar-refractivity contribution in [1.82, 2.24) is 5.32 Å². The molecule has 2 aliphatic heterocycles. The lowest BCUT2D eigenvalue weighted by Gasteiger charge is -2.18. The summed E-state index contributed by atoms with van der Waals surface area (Å²) in [5, 5.41) is 3.35. The summed E-state index contributed by atoms with van der Waals surface area (Å²) in [6.45, 7) is 8.45. The number of unbranched alkanes of at least 4 members (excludes halogenated alkanes) is 5. The average molecular weight is 412 g/mol. The first kappa shape index (κ1) is 23.3. The highest BCUT2D eigenvalue weighted by molar-refractivity contribution is 7.91. The summed E-state index contributed by atoms with van der Waals surface area (Å²) >= 11 is -0.743. The predicted molar refractivity (Wildman–Crippen MR) is 116 cm³/mol. The van der Waals surface area contributed by atoms with Gasteiger partial charge in [-0.3, -0.25) is 0 Å². The van der Waals surface area contributed by atoms with Crippen LogP contribution in [0.4, 0.5) is 0 Å². The van der Waals surface area contributed by atoms with Crippen LogP contribution in [0.3, 0.4) is 0 Å². The van der Waals surface area contributed by atoms with E-state index in [1.165, 1.54) is 37.7 Å². The highest BCUT2D eigenvalue weighted by Gasteiger charge is 2.19. The fourth-order valence-corrected chi connectivity index (χ4v) is 4.50. The molecule has 1 aromatic carbocycles. The highest BCUT2D eigenvalue weighted by Crippen LogP contribution is 2.33. The molecule has 1 fully saturated rings. The molecule has 2 heterocycles. The first-order valence-electron chi connectivity index (χ1n) is 10.7. The maximum Gasteiger partial charge on any atom is 0.231 e. The van der Waals surface area contributed by atoms with E-state index in [1.807, 2.05) is 18.2 Å². The molecule has 0 bridgehead atoms. The minimum Gasteiger partial charge on any atom is -0.616 e. The lowest BCUT2D eigenvalue weighted by atomic mass is 10.1. The van der Waals surface area contributed by atoms with Crippen LogP contribution < -0.4 is 14.8 Å². The van der Waals surface area contributed by atoms with Gasteiger partial charge in [-0.2, -0.15) is 0 Å². The quantitative estimate of drug-likeness (QED) is 0.465. The van der Waals surface area contributed by atoms with Gasteiger partial charge < -0.3 is 24.1 Å². The summed E-state index contributed by atoms with van der Waals surface area (Å²) in [7, 11) is 0. The van der Waals surface area contributed by atoms with Crippen molar-refractivity contribution in [3.63, 3.8) is 0 Å². The molecule has 3 rings (SSSR count). The smallest absolute Gasteiger partial charge is 0.231 e. The van der Waals surface area contributed by atoms with E-state index in [9.17, 15) is 4.55 Å². The Morgan fingerprint density at radius 2 is 1.75 bits per heavy atom. The van der Waals surface area contributed by atoms with Crippen LogP contribution in [0, 0.1) is 0 Å². The Hall–Kier alpha value is -0.950. The number of morpholine rings is 1. The van der Waals surface area contributed by atoms with Gasteiger partial charge >= 0.3 is 0 Å². The molecule has 2 aliphatic rings. The third kappa shape index (κ3) is 9.03. The molecule has 1 aromatic rings. The zero-order valence-electron chi connectivity index (χ0n) is 17.5. The summed E-state index contributed by atoms with van der Waals surface area (Å²) in [6.07, 6.45) is 8.32. The second-order valence-corrected chi connectivity index (χ2v) is 9.39. The number of benzene rings is 1. The Morgan fingerprint density at radius 1 is 1.04 bits per heavy atom. The summed E-state index contributed by atoms with van der Waals surface area (Å²) in [5.41, 5.74) is 1.17. The van der Waals surface area contributed by atoms with Gasteiger partial charge in [0.15, 0.2) is 11.5 Å². The van der Waals surface area contributed by atoms with E-state index in [0.717, 1.165) is 56.4 Å². The van der Waals surface area contributed by atoms with Gasteiger partial charge in [-0.1, -0.05) is 49.8 Å². The van der Waals surface area contributed by atoms with Crippen LogP contribution in [0.15, 0.2) is 18.2 Å². The number of nitrogens with one attached hydrogen (secondary N) is 1. The first-order chi connectivity index (χ1) is 13.7. The number of rotatable bonds is 10. The third-order valence-electron chi connectivity index (χ3n) is 4.95. The topological polar surface area (TPSA) is 62.8 Å². The first-order valence-corrected chi connectivity index (χ1v) is 12.1. The molecule has 0 amide bonds. The SMILES string of the molecule is C1COCCN1.CCCCCCCC[S+]([O-])C(C)Cc1ccc2c(c1)OCO2. The zero-order chi connectivity index (χ0) is 20.0. The maximum absolute atomic E-state index is 12.3. The van der Waals surface area contributed by atoms with Crippen molar-refractivity contribution >= 4 is 11.2 Å². The van der Waals surface area contributed by atoms with E-state index in [0.29, 0.717) is 6.79 Å². The number of fused-ring (bicyclic) bond motifs is 1. The summed E-state index contributed by atoms with van der Waals surface area (Å²) in [4.78, 5) is 0. The van der Waals surface area contributed by atoms with E-state index >= 15 is 0 Å². The molecule has 6 heteroatoms. The molecule has 28 heavy (non-hydrogen) atoms. The van der Waals surface area contributed by atoms with Crippen molar-refractivity contribution in [2.75, 3.05) is 38.8 Å². The van der Waals surface area contributed by atoms with Crippen LogP contribution in [0.5, 0.6) is 11.5 Å². The van der Waals surface area contributed by atoms with Crippen LogP contribution in [0.25, 0.3) is 0 Å². The molecule has 1 N–H and O–H groups in total. The van der Waals surface area contributed by atoms with Crippen LogP contribution in [0.1, 0.15) is 57.9 Å². The average Bonchev–Trinajstić information content (AvgIpc) is 3.20. The Kier molecular flexibility index (Phi) is 11.7. The maximum atomic E-state index is 12.3. The fraction of sp³-hybridized carbons (Fsp3) is 0.727. The van der Waals surface area contributed by atoms with Crippen LogP contribution in [-0.4, -0.2) is 48.7 Å². The third-order valence-corrected chi connectivity index (χ3v) is 6.71. The molecule has 0 radical (unpaired) electrons. The van der Waals surface area contributed by atoms with Gasteiger partial charge in [-0.15, -0.1) is 0 Å². The second kappa shape index (κ2) is 14.1. The summed E-state index contributed by atoms with van der Waals surface area (Å²) in [6, 6.07) is 6.01. The molecular formula is C22H37NO4S.